The highest BCUT2D eigenvalue weighted by molar-refractivity contribution is 5.99. The second-order valence-corrected chi connectivity index (χ2v) is 7.56. The number of rotatable bonds is 8. The predicted molar refractivity (Wildman–Crippen MR) is 107 cm³/mol. The van der Waals surface area contributed by atoms with Crippen LogP contribution in [-0.4, -0.2) is 40.1 Å². The maximum absolute atomic E-state index is 12.6. The largest absolute Gasteiger partial charge is 0.462 e. The van der Waals surface area contributed by atoms with Crippen molar-refractivity contribution in [3.05, 3.63) is 46.0 Å². The molecule has 0 unspecified atom stereocenters. The van der Waals surface area contributed by atoms with E-state index in [0.29, 0.717) is 22.9 Å². The minimum Gasteiger partial charge on any atom is -0.462 e. The number of aromatic nitrogens is 2. The fraction of sp³-hybridized carbons (Fsp3) is 0.500. The Bertz CT molecular complexity index is 962. The molecule has 1 fully saturated rings. The first-order valence-electron chi connectivity index (χ1n) is 9.95. The Morgan fingerprint density at radius 3 is 2.24 bits per heavy atom. The van der Waals surface area contributed by atoms with E-state index in [4.69, 9.17) is 9.47 Å². The van der Waals surface area contributed by atoms with Crippen molar-refractivity contribution in [2.24, 2.45) is 0 Å². The highest BCUT2D eigenvalue weighted by Gasteiger charge is 2.28. The quantitative estimate of drug-likeness (QED) is 0.501. The molecular weight excluding hydrogens is 372 g/mol. The first-order chi connectivity index (χ1) is 13.7. The Hall–Kier alpha value is -2.83. The monoisotopic (exact) mass is 400 g/mol. The van der Waals surface area contributed by atoms with Crippen LogP contribution in [0.2, 0.25) is 0 Å². The standard InChI is InChI=1S/C22H28N2O5/c1-6-28-22(27)19-9-13(2)23(15(19)4)11-21(26)29-12-20(25)18-10-14(3)24(16(18)5)17-7-8-17/h9-10,17H,6-8,11-12H2,1-5H3. The summed E-state index contributed by atoms with van der Waals surface area (Å²) in [5, 5.41) is 0. The van der Waals surface area contributed by atoms with Gasteiger partial charge in [0, 0.05) is 34.4 Å². The van der Waals surface area contributed by atoms with Gasteiger partial charge in [-0.1, -0.05) is 0 Å². The van der Waals surface area contributed by atoms with Gasteiger partial charge in [0.1, 0.15) is 6.54 Å². The van der Waals surface area contributed by atoms with Gasteiger partial charge in [0.15, 0.2) is 6.61 Å². The third-order valence-corrected chi connectivity index (χ3v) is 5.42. The molecule has 3 rings (SSSR count). The molecule has 2 aromatic rings. The average molecular weight is 400 g/mol. The van der Waals surface area contributed by atoms with Crippen molar-refractivity contribution >= 4 is 17.7 Å². The minimum atomic E-state index is -0.522. The fourth-order valence-electron chi connectivity index (χ4n) is 3.81. The first kappa shape index (κ1) is 20.9. The van der Waals surface area contributed by atoms with Gasteiger partial charge in [-0.2, -0.15) is 0 Å². The Balaban J connectivity index is 1.63. The van der Waals surface area contributed by atoms with Gasteiger partial charge < -0.3 is 18.6 Å². The molecule has 0 amide bonds. The molecule has 7 nitrogen and oxygen atoms in total. The summed E-state index contributed by atoms with van der Waals surface area (Å²) in [6.07, 6.45) is 2.28. The number of hydrogen-bond donors (Lipinski definition) is 0. The topological polar surface area (TPSA) is 79.5 Å². The molecule has 0 atom stereocenters. The number of ether oxygens (including phenoxy) is 2. The molecule has 1 aliphatic rings. The lowest BCUT2D eigenvalue weighted by atomic mass is 10.1. The van der Waals surface area contributed by atoms with Crippen molar-refractivity contribution in [3.8, 4) is 0 Å². The Kier molecular flexibility index (Phi) is 5.96. The summed E-state index contributed by atoms with van der Waals surface area (Å²) in [5.74, 6) is -1.14. The lowest BCUT2D eigenvalue weighted by Crippen LogP contribution is -2.20. The van der Waals surface area contributed by atoms with Crippen LogP contribution in [0.4, 0.5) is 0 Å². The summed E-state index contributed by atoms with van der Waals surface area (Å²) in [6, 6.07) is 4.06. The number of aryl methyl sites for hydroxylation is 2. The van der Waals surface area contributed by atoms with Gasteiger partial charge in [0.25, 0.3) is 0 Å². The molecular formula is C22H28N2O5. The number of carbonyl (C=O) groups excluding carboxylic acids is 3. The smallest absolute Gasteiger partial charge is 0.339 e. The molecule has 0 aliphatic heterocycles. The van der Waals surface area contributed by atoms with Crippen molar-refractivity contribution in [1.29, 1.82) is 0 Å². The van der Waals surface area contributed by atoms with Crippen molar-refractivity contribution in [2.45, 2.75) is 60.0 Å². The molecule has 2 heterocycles. The number of ketones is 1. The second kappa shape index (κ2) is 8.27. The number of Topliss-reactive ketones (excluding diaryl/α,β-unsaturated/α-hetero) is 1. The third-order valence-electron chi connectivity index (χ3n) is 5.42. The lowest BCUT2D eigenvalue weighted by molar-refractivity contribution is -0.143. The van der Waals surface area contributed by atoms with Crippen LogP contribution < -0.4 is 0 Å². The van der Waals surface area contributed by atoms with E-state index in [1.54, 1.807) is 31.4 Å². The summed E-state index contributed by atoms with van der Waals surface area (Å²) >= 11 is 0. The molecule has 0 spiro atoms. The molecule has 0 radical (unpaired) electrons. The zero-order chi connectivity index (χ0) is 21.3. The summed E-state index contributed by atoms with van der Waals surface area (Å²) in [4.78, 5) is 36.9. The zero-order valence-corrected chi connectivity index (χ0v) is 17.7. The molecule has 2 aromatic heterocycles. The van der Waals surface area contributed by atoms with Crippen LogP contribution in [0, 0.1) is 27.7 Å². The summed E-state index contributed by atoms with van der Waals surface area (Å²) in [7, 11) is 0. The third kappa shape index (κ3) is 4.28. The number of nitrogens with zero attached hydrogens (tertiary/aromatic N) is 2. The molecule has 29 heavy (non-hydrogen) atoms. The van der Waals surface area contributed by atoms with Crippen molar-refractivity contribution in [3.63, 3.8) is 0 Å². The highest BCUT2D eigenvalue weighted by atomic mass is 16.5. The predicted octanol–water partition coefficient (Wildman–Crippen LogP) is 3.46. The molecule has 0 aromatic carbocycles. The number of hydrogen-bond acceptors (Lipinski definition) is 5. The molecule has 7 heteroatoms. The fourth-order valence-corrected chi connectivity index (χ4v) is 3.81. The van der Waals surface area contributed by atoms with Gasteiger partial charge in [-0.05, 0) is 59.6 Å². The van der Waals surface area contributed by atoms with Crippen molar-refractivity contribution in [1.82, 2.24) is 9.13 Å². The summed E-state index contributed by atoms with van der Waals surface area (Å²) < 4.78 is 14.2. The van der Waals surface area contributed by atoms with E-state index < -0.39 is 11.9 Å². The Labute approximate surface area is 170 Å². The second-order valence-electron chi connectivity index (χ2n) is 7.56. The Morgan fingerprint density at radius 2 is 1.62 bits per heavy atom. The van der Waals surface area contributed by atoms with Gasteiger partial charge in [-0.15, -0.1) is 0 Å². The van der Waals surface area contributed by atoms with Gasteiger partial charge in [-0.3, -0.25) is 9.59 Å². The van der Waals surface area contributed by atoms with Crippen LogP contribution >= 0.6 is 0 Å². The molecule has 0 saturated heterocycles. The lowest BCUT2D eigenvalue weighted by Gasteiger charge is -2.10. The van der Waals surface area contributed by atoms with Gasteiger partial charge in [0.2, 0.25) is 5.78 Å². The molecule has 156 valence electrons. The molecule has 0 N–H and O–H groups in total. The first-order valence-corrected chi connectivity index (χ1v) is 9.95. The molecule has 0 bridgehead atoms. The van der Waals surface area contributed by atoms with Crippen LogP contribution in [0.3, 0.4) is 0 Å². The van der Waals surface area contributed by atoms with E-state index in [9.17, 15) is 14.4 Å². The SMILES string of the molecule is CCOC(=O)c1cc(C)n(CC(=O)OCC(=O)c2cc(C)n(C3CC3)c2C)c1C. The van der Waals surface area contributed by atoms with Crippen LogP contribution in [0.5, 0.6) is 0 Å². The van der Waals surface area contributed by atoms with E-state index in [1.165, 1.54) is 0 Å². The molecule has 1 saturated carbocycles. The normalized spacial score (nSPS) is 13.4. The highest BCUT2D eigenvalue weighted by Crippen LogP contribution is 2.38. The van der Waals surface area contributed by atoms with Crippen LogP contribution in [0.1, 0.15) is 69.3 Å². The maximum Gasteiger partial charge on any atom is 0.339 e. The minimum absolute atomic E-state index is 0.0640. The van der Waals surface area contributed by atoms with E-state index in [1.807, 2.05) is 19.9 Å². The maximum atomic E-state index is 12.6. The Morgan fingerprint density at radius 1 is 0.966 bits per heavy atom. The van der Waals surface area contributed by atoms with Crippen LogP contribution in [0.15, 0.2) is 12.1 Å². The summed E-state index contributed by atoms with van der Waals surface area (Å²) in [5.41, 5.74) is 4.42. The van der Waals surface area contributed by atoms with Crippen LogP contribution in [0.25, 0.3) is 0 Å². The zero-order valence-electron chi connectivity index (χ0n) is 17.7. The summed E-state index contributed by atoms with van der Waals surface area (Å²) in [6.45, 7) is 9.16. The van der Waals surface area contributed by atoms with Gasteiger partial charge in [-0.25, -0.2) is 4.79 Å². The van der Waals surface area contributed by atoms with Crippen molar-refractivity contribution < 1.29 is 23.9 Å². The molecule has 1 aliphatic carbocycles. The average Bonchev–Trinajstić information content (AvgIpc) is 3.40. The van der Waals surface area contributed by atoms with Crippen molar-refractivity contribution in [2.75, 3.05) is 13.2 Å². The van der Waals surface area contributed by atoms with E-state index in [2.05, 4.69) is 4.57 Å². The number of carbonyl (C=O) groups is 3. The van der Waals surface area contributed by atoms with Gasteiger partial charge in [0.05, 0.1) is 12.2 Å². The van der Waals surface area contributed by atoms with E-state index >= 15 is 0 Å². The van der Waals surface area contributed by atoms with Gasteiger partial charge >= 0.3 is 11.9 Å². The van der Waals surface area contributed by atoms with E-state index in [0.717, 1.165) is 29.9 Å². The number of esters is 2. The van der Waals surface area contributed by atoms with E-state index in [-0.39, 0.29) is 25.5 Å². The van der Waals surface area contributed by atoms with Crippen LogP contribution in [-0.2, 0) is 20.8 Å².